The topological polar surface area (TPSA) is 33.6 Å². The number of aryl methyl sites for hydroxylation is 2. The van der Waals surface area contributed by atoms with E-state index in [9.17, 15) is 31.6 Å². The molecular weight excluding hydrogens is 721 g/mol. The molecule has 7 aromatic carbocycles. The van der Waals surface area contributed by atoms with Crippen LogP contribution in [0, 0.1) is 25.2 Å². The maximum atomic E-state index is 14.9. The van der Waals surface area contributed by atoms with E-state index >= 15 is 0 Å². The summed E-state index contributed by atoms with van der Waals surface area (Å²) >= 11 is 0. The molecule has 0 aliphatic rings. The van der Waals surface area contributed by atoms with Crippen molar-refractivity contribution in [3.05, 3.63) is 167 Å². The van der Waals surface area contributed by atoms with Crippen molar-refractivity contribution in [3.63, 3.8) is 0 Å². The largest absolute Gasteiger partial charge is 0.417 e. The molecular formula is C47H29F6N3. The fraction of sp³-hybridized carbons (Fsp3) is 0.0851. The summed E-state index contributed by atoms with van der Waals surface area (Å²) in [6.45, 7) is 3.65. The van der Waals surface area contributed by atoms with Gasteiger partial charge in [0.2, 0.25) is 0 Å². The normalized spacial score (nSPS) is 12.3. The third-order valence-electron chi connectivity index (χ3n) is 10.6. The van der Waals surface area contributed by atoms with Crippen LogP contribution in [-0.2, 0) is 12.4 Å². The Morgan fingerprint density at radius 1 is 0.500 bits per heavy atom. The summed E-state index contributed by atoms with van der Waals surface area (Å²) in [5, 5.41) is 13.2. The number of nitriles is 1. The van der Waals surface area contributed by atoms with Crippen LogP contribution in [0.4, 0.5) is 26.3 Å². The first-order valence-electron chi connectivity index (χ1n) is 17.8. The molecule has 9 rings (SSSR count). The van der Waals surface area contributed by atoms with Gasteiger partial charge in [-0.3, -0.25) is 0 Å². The lowest BCUT2D eigenvalue weighted by atomic mass is 9.87. The van der Waals surface area contributed by atoms with Gasteiger partial charge in [0, 0.05) is 32.8 Å². The second kappa shape index (κ2) is 12.6. The highest BCUT2D eigenvalue weighted by Gasteiger charge is 2.35. The number of hydrogen-bond acceptors (Lipinski definition) is 1. The third kappa shape index (κ3) is 5.51. The lowest BCUT2D eigenvalue weighted by Gasteiger charge is -2.22. The van der Waals surface area contributed by atoms with Crippen molar-refractivity contribution in [1.82, 2.24) is 9.13 Å². The Balaban J connectivity index is 1.42. The van der Waals surface area contributed by atoms with Crippen LogP contribution in [0.1, 0.15) is 27.8 Å². The maximum Gasteiger partial charge on any atom is 0.417 e. The Bertz CT molecular complexity index is 3100. The Kier molecular flexibility index (Phi) is 7.89. The molecule has 0 unspecified atom stereocenters. The smallest absolute Gasteiger partial charge is 0.309 e. The Morgan fingerprint density at radius 3 is 1.84 bits per heavy atom. The summed E-state index contributed by atoms with van der Waals surface area (Å²) in [6.07, 6.45) is -9.27. The molecule has 3 nitrogen and oxygen atoms in total. The predicted molar refractivity (Wildman–Crippen MR) is 210 cm³/mol. The van der Waals surface area contributed by atoms with Crippen LogP contribution in [0.25, 0.3) is 77.2 Å². The van der Waals surface area contributed by atoms with Crippen LogP contribution in [0.2, 0.25) is 0 Å². The van der Waals surface area contributed by atoms with Gasteiger partial charge in [-0.05, 0) is 115 Å². The molecule has 0 N–H and O–H groups in total. The van der Waals surface area contributed by atoms with E-state index in [0.717, 1.165) is 45.6 Å². The molecule has 0 amide bonds. The second-order valence-electron chi connectivity index (χ2n) is 14.0. The minimum absolute atomic E-state index is 0.00949. The molecule has 0 radical (unpaired) electrons. The summed E-state index contributed by atoms with van der Waals surface area (Å²) in [5.74, 6) is 0. The van der Waals surface area contributed by atoms with Gasteiger partial charge < -0.3 is 9.13 Å². The van der Waals surface area contributed by atoms with Crippen LogP contribution >= 0.6 is 0 Å². The molecule has 0 aliphatic heterocycles. The molecule has 9 heteroatoms. The maximum absolute atomic E-state index is 14.9. The van der Waals surface area contributed by atoms with Gasteiger partial charge in [0.05, 0.1) is 50.5 Å². The predicted octanol–water partition coefficient (Wildman–Crippen LogP) is 13.7. The van der Waals surface area contributed by atoms with Crippen LogP contribution < -0.4 is 0 Å². The number of hydrogen-bond donors (Lipinski definition) is 0. The third-order valence-corrected chi connectivity index (χ3v) is 10.6. The Labute approximate surface area is 316 Å². The monoisotopic (exact) mass is 749 g/mol. The fourth-order valence-corrected chi connectivity index (χ4v) is 8.16. The van der Waals surface area contributed by atoms with Crippen LogP contribution in [-0.4, -0.2) is 9.13 Å². The first-order valence-corrected chi connectivity index (χ1v) is 17.8. The van der Waals surface area contributed by atoms with Crippen LogP contribution in [0.5, 0.6) is 0 Å². The second-order valence-corrected chi connectivity index (χ2v) is 14.0. The number of para-hydroxylation sites is 2. The molecule has 0 atom stereocenters. The molecule has 0 saturated heterocycles. The number of aromatic nitrogens is 2. The number of nitrogens with zero attached hydrogens (tertiary/aromatic N) is 3. The summed E-state index contributed by atoms with van der Waals surface area (Å²) in [4.78, 5) is 0. The van der Waals surface area contributed by atoms with Crippen molar-refractivity contribution in [3.8, 4) is 39.7 Å². The van der Waals surface area contributed by atoms with Gasteiger partial charge in [0.1, 0.15) is 0 Å². The van der Waals surface area contributed by atoms with E-state index in [4.69, 9.17) is 0 Å². The highest BCUT2D eigenvalue weighted by molar-refractivity contribution is 6.11. The van der Waals surface area contributed by atoms with Gasteiger partial charge in [-0.1, -0.05) is 66.2 Å². The minimum Gasteiger partial charge on any atom is -0.309 e. The van der Waals surface area contributed by atoms with Gasteiger partial charge in [0.15, 0.2) is 0 Å². The van der Waals surface area contributed by atoms with E-state index in [0.29, 0.717) is 49.9 Å². The van der Waals surface area contributed by atoms with Crippen molar-refractivity contribution in [1.29, 1.82) is 5.26 Å². The number of rotatable bonds is 4. The van der Waals surface area contributed by atoms with E-state index in [2.05, 4.69) is 16.7 Å². The Morgan fingerprint density at radius 2 is 1.14 bits per heavy atom. The molecule has 0 saturated carbocycles. The van der Waals surface area contributed by atoms with Crippen molar-refractivity contribution in [2.24, 2.45) is 0 Å². The molecule has 0 bridgehead atoms. The zero-order valence-corrected chi connectivity index (χ0v) is 29.9. The molecule has 2 aromatic heterocycles. The zero-order chi connectivity index (χ0) is 39.1. The number of benzene rings is 7. The van der Waals surface area contributed by atoms with Crippen molar-refractivity contribution < 1.29 is 26.3 Å². The van der Waals surface area contributed by atoms with Crippen LogP contribution in [0.15, 0.2) is 140 Å². The van der Waals surface area contributed by atoms with Gasteiger partial charge in [-0.25, -0.2) is 0 Å². The zero-order valence-electron chi connectivity index (χ0n) is 29.9. The van der Waals surface area contributed by atoms with Gasteiger partial charge in [-0.2, -0.15) is 31.6 Å². The molecule has 274 valence electrons. The Hall–Kier alpha value is -6.79. The van der Waals surface area contributed by atoms with Crippen LogP contribution in [0.3, 0.4) is 0 Å². The van der Waals surface area contributed by atoms with E-state index in [1.807, 2.05) is 60.0 Å². The summed E-state index contributed by atoms with van der Waals surface area (Å²) < 4.78 is 90.6. The standard InChI is InChI=1S/C47H29F6N3/c1-27-14-19-42-36(22-27)32-9-3-5-12-40(32)55(42)31-17-18-34(45-28(2)8-7-11-39(45)47(51,52)53)35(25-31)37-23-29(26-54)15-20-43(37)56-41-13-6-4-10-33(41)38-24-30(46(48,49)50)16-21-44(38)56/h3-25H,1-2H3. The van der Waals surface area contributed by atoms with E-state index in [1.54, 1.807) is 61.5 Å². The lowest BCUT2D eigenvalue weighted by Crippen LogP contribution is -2.09. The average molecular weight is 750 g/mol. The summed E-state index contributed by atoms with van der Waals surface area (Å²) in [5.41, 5.74) is 5.23. The summed E-state index contributed by atoms with van der Waals surface area (Å²) in [7, 11) is 0. The van der Waals surface area contributed by atoms with Gasteiger partial charge in [0.25, 0.3) is 0 Å². The number of halogens is 6. The highest BCUT2D eigenvalue weighted by atomic mass is 19.4. The average Bonchev–Trinajstić information content (AvgIpc) is 3.69. The fourth-order valence-electron chi connectivity index (χ4n) is 8.16. The number of fused-ring (bicyclic) bond motifs is 6. The van der Waals surface area contributed by atoms with E-state index in [-0.39, 0.29) is 16.7 Å². The van der Waals surface area contributed by atoms with Crippen molar-refractivity contribution >= 4 is 43.6 Å². The van der Waals surface area contributed by atoms with Gasteiger partial charge in [-0.15, -0.1) is 0 Å². The molecule has 0 aliphatic carbocycles. The first-order chi connectivity index (χ1) is 26.8. The highest BCUT2D eigenvalue weighted by Crippen LogP contribution is 2.47. The first kappa shape index (κ1) is 34.9. The van der Waals surface area contributed by atoms with E-state index in [1.165, 1.54) is 12.1 Å². The molecule has 56 heavy (non-hydrogen) atoms. The number of alkyl halides is 6. The van der Waals surface area contributed by atoms with Crippen molar-refractivity contribution in [2.45, 2.75) is 26.2 Å². The lowest BCUT2D eigenvalue weighted by molar-refractivity contribution is -0.138. The molecule has 9 aromatic rings. The SMILES string of the molecule is Cc1ccc2c(c1)c1ccccc1n2-c1ccc(-c2c(C)cccc2C(F)(F)F)c(-c2cc(C#N)ccc2-n2c3ccccc3c3cc(C(F)(F)F)ccc32)c1. The molecule has 0 spiro atoms. The molecule has 2 heterocycles. The molecule has 0 fully saturated rings. The van der Waals surface area contributed by atoms with Gasteiger partial charge >= 0.3 is 12.4 Å². The quantitative estimate of drug-likeness (QED) is 0.165. The summed E-state index contributed by atoms with van der Waals surface area (Å²) in [6, 6.07) is 41.3. The van der Waals surface area contributed by atoms with E-state index < -0.39 is 23.5 Å². The minimum atomic E-state index is -4.69. The van der Waals surface area contributed by atoms with Crippen molar-refractivity contribution in [2.75, 3.05) is 0 Å².